The normalized spacial score (nSPS) is 12.5. The van der Waals surface area contributed by atoms with Crippen molar-refractivity contribution < 1.29 is 20.0 Å². The highest BCUT2D eigenvalue weighted by Crippen LogP contribution is 2.00. The standard InChI is InChI=1S/C6H10O4/c1-2-5(10-9)3-4-6(7)8/h2,5,9H,1,3-4H2,(H,7,8). The lowest BCUT2D eigenvalue weighted by molar-refractivity contribution is -0.267. The monoisotopic (exact) mass is 146 g/mol. The van der Waals surface area contributed by atoms with Crippen LogP contribution >= 0.6 is 0 Å². The molecule has 0 saturated carbocycles. The maximum absolute atomic E-state index is 9.96. The molecule has 0 aliphatic heterocycles. The molecule has 0 radical (unpaired) electrons. The van der Waals surface area contributed by atoms with Crippen molar-refractivity contribution in [2.45, 2.75) is 18.9 Å². The van der Waals surface area contributed by atoms with E-state index in [-0.39, 0.29) is 12.8 Å². The molecule has 0 aliphatic carbocycles. The minimum atomic E-state index is -0.913. The third-order valence-electron chi connectivity index (χ3n) is 1.04. The average molecular weight is 146 g/mol. The molecule has 0 saturated heterocycles. The first-order valence-corrected chi connectivity index (χ1v) is 2.85. The molecule has 0 rings (SSSR count). The second kappa shape index (κ2) is 4.96. The fourth-order valence-corrected chi connectivity index (χ4v) is 0.479. The van der Waals surface area contributed by atoms with Gasteiger partial charge in [0.15, 0.2) is 0 Å². The van der Waals surface area contributed by atoms with Crippen LogP contribution in [0.25, 0.3) is 0 Å². The Hall–Kier alpha value is -0.870. The van der Waals surface area contributed by atoms with E-state index in [1.54, 1.807) is 0 Å². The molecule has 0 bridgehead atoms. The van der Waals surface area contributed by atoms with Crippen molar-refractivity contribution in [1.29, 1.82) is 0 Å². The number of hydrogen-bond acceptors (Lipinski definition) is 3. The summed E-state index contributed by atoms with van der Waals surface area (Å²) in [6, 6.07) is 0. The van der Waals surface area contributed by atoms with E-state index >= 15 is 0 Å². The van der Waals surface area contributed by atoms with Crippen molar-refractivity contribution >= 4 is 5.97 Å². The largest absolute Gasteiger partial charge is 0.481 e. The van der Waals surface area contributed by atoms with Gasteiger partial charge in [-0.25, -0.2) is 4.89 Å². The maximum Gasteiger partial charge on any atom is 0.303 e. The third kappa shape index (κ3) is 4.05. The van der Waals surface area contributed by atoms with E-state index in [0.29, 0.717) is 0 Å². The maximum atomic E-state index is 9.96. The van der Waals surface area contributed by atoms with E-state index in [1.165, 1.54) is 6.08 Å². The molecule has 0 heterocycles. The van der Waals surface area contributed by atoms with Crippen molar-refractivity contribution in [2.24, 2.45) is 0 Å². The molecular formula is C6H10O4. The lowest BCUT2D eigenvalue weighted by Crippen LogP contribution is -2.09. The Morgan fingerprint density at radius 1 is 1.80 bits per heavy atom. The van der Waals surface area contributed by atoms with Gasteiger partial charge in [-0.3, -0.25) is 10.1 Å². The highest BCUT2D eigenvalue weighted by atomic mass is 17.1. The molecule has 1 unspecified atom stereocenters. The number of carboxylic acid groups (broad SMARTS) is 1. The van der Waals surface area contributed by atoms with Gasteiger partial charge in [0.2, 0.25) is 0 Å². The lowest BCUT2D eigenvalue weighted by Gasteiger charge is -2.04. The highest BCUT2D eigenvalue weighted by molar-refractivity contribution is 5.66. The van der Waals surface area contributed by atoms with Crippen LogP contribution in [0.3, 0.4) is 0 Å². The molecule has 0 aromatic carbocycles. The van der Waals surface area contributed by atoms with Gasteiger partial charge in [0.05, 0.1) is 0 Å². The lowest BCUT2D eigenvalue weighted by atomic mass is 10.2. The first kappa shape index (κ1) is 9.13. The molecule has 58 valence electrons. The molecule has 2 N–H and O–H groups in total. The van der Waals surface area contributed by atoms with Gasteiger partial charge in [-0.1, -0.05) is 6.08 Å². The fraction of sp³-hybridized carbons (Fsp3) is 0.500. The number of rotatable bonds is 5. The molecular weight excluding hydrogens is 136 g/mol. The van der Waals surface area contributed by atoms with Crippen molar-refractivity contribution in [3.8, 4) is 0 Å². The van der Waals surface area contributed by atoms with E-state index < -0.39 is 12.1 Å². The minimum absolute atomic E-state index is 0.0305. The smallest absolute Gasteiger partial charge is 0.303 e. The van der Waals surface area contributed by atoms with E-state index in [4.69, 9.17) is 10.4 Å². The van der Waals surface area contributed by atoms with Crippen LogP contribution in [0.15, 0.2) is 12.7 Å². The molecule has 0 fully saturated rings. The quantitative estimate of drug-likeness (QED) is 0.343. The topological polar surface area (TPSA) is 66.8 Å². The van der Waals surface area contributed by atoms with Crippen LogP contribution in [0, 0.1) is 0 Å². The first-order valence-electron chi connectivity index (χ1n) is 2.85. The Morgan fingerprint density at radius 3 is 2.70 bits per heavy atom. The van der Waals surface area contributed by atoms with Crippen molar-refractivity contribution in [3.05, 3.63) is 12.7 Å². The number of carbonyl (C=O) groups is 1. The number of aliphatic carboxylic acids is 1. The molecule has 0 spiro atoms. The molecule has 10 heavy (non-hydrogen) atoms. The Labute approximate surface area is 58.7 Å². The Bertz CT molecular complexity index is 121. The molecule has 0 aliphatic rings. The zero-order valence-corrected chi connectivity index (χ0v) is 5.49. The van der Waals surface area contributed by atoms with Crippen LogP contribution in [0.1, 0.15) is 12.8 Å². The van der Waals surface area contributed by atoms with Gasteiger partial charge in [0, 0.05) is 6.42 Å². The zero-order valence-electron chi connectivity index (χ0n) is 5.49. The van der Waals surface area contributed by atoms with Crippen LogP contribution in [-0.2, 0) is 9.68 Å². The van der Waals surface area contributed by atoms with Crippen molar-refractivity contribution in [2.75, 3.05) is 0 Å². The van der Waals surface area contributed by atoms with E-state index in [2.05, 4.69) is 11.5 Å². The summed E-state index contributed by atoms with van der Waals surface area (Å²) < 4.78 is 0. The predicted molar refractivity (Wildman–Crippen MR) is 34.6 cm³/mol. The molecule has 4 heteroatoms. The van der Waals surface area contributed by atoms with Crippen LogP contribution in [0.4, 0.5) is 0 Å². The summed E-state index contributed by atoms with van der Waals surface area (Å²) in [7, 11) is 0. The average Bonchev–Trinajstić information content (AvgIpc) is 1.90. The molecule has 0 aromatic heterocycles. The SMILES string of the molecule is C=CC(CCC(=O)O)OO. The van der Waals surface area contributed by atoms with Crippen molar-refractivity contribution in [1.82, 2.24) is 0 Å². The number of carboxylic acids is 1. The first-order chi connectivity index (χ1) is 4.70. The molecule has 1 atom stereocenters. The Balaban J connectivity index is 3.44. The van der Waals surface area contributed by atoms with E-state index in [1.807, 2.05) is 0 Å². The minimum Gasteiger partial charge on any atom is -0.481 e. The Kier molecular flexibility index (Phi) is 4.53. The van der Waals surface area contributed by atoms with Gasteiger partial charge >= 0.3 is 5.97 Å². The molecule has 0 aromatic rings. The summed E-state index contributed by atoms with van der Waals surface area (Å²) in [4.78, 5) is 13.8. The second-order valence-corrected chi connectivity index (χ2v) is 1.81. The van der Waals surface area contributed by atoms with Gasteiger partial charge in [-0.15, -0.1) is 6.58 Å². The van der Waals surface area contributed by atoms with Gasteiger partial charge in [0.1, 0.15) is 6.10 Å². The summed E-state index contributed by atoms with van der Waals surface area (Å²) in [6.07, 6.45) is 0.992. The van der Waals surface area contributed by atoms with Crippen LogP contribution in [0.2, 0.25) is 0 Å². The summed E-state index contributed by atoms with van der Waals surface area (Å²) in [5, 5.41) is 16.3. The summed E-state index contributed by atoms with van der Waals surface area (Å²) in [6.45, 7) is 3.33. The summed E-state index contributed by atoms with van der Waals surface area (Å²) in [5.74, 6) is -0.913. The predicted octanol–water partition coefficient (Wildman–Crippen LogP) is 0.895. The van der Waals surface area contributed by atoms with E-state index in [9.17, 15) is 4.79 Å². The molecule has 4 nitrogen and oxygen atoms in total. The Morgan fingerprint density at radius 2 is 2.40 bits per heavy atom. The fourth-order valence-electron chi connectivity index (χ4n) is 0.479. The highest BCUT2D eigenvalue weighted by Gasteiger charge is 2.05. The third-order valence-corrected chi connectivity index (χ3v) is 1.04. The van der Waals surface area contributed by atoms with Crippen LogP contribution < -0.4 is 0 Å². The van der Waals surface area contributed by atoms with Crippen LogP contribution in [0.5, 0.6) is 0 Å². The van der Waals surface area contributed by atoms with Gasteiger partial charge in [0.25, 0.3) is 0 Å². The summed E-state index contributed by atoms with van der Waals surface area (Å²) >= 11 is 0. The van der Waals surface area contributed by atoms with Gasteiger partial charge in [-0.05, 0) is 6.42 Å². The van der Waals surface area contributed by atoms with Crippen molar-refractivity contribution in [3.63, 3.8) is 0 Å². The van der Waals surface area contributed by atoms with E-state index in [0.717, 1.165) is 0 Å². The van der Waals surface area contributed by atoms with Crippen LogP contribution in [-0.4, -0.2) is 22.4 Å². The number of hydrogen-bond donors (Lipinski definition) is 2. The second-order valence-electron chi connectivity index (χ2n) is 1.81. The van der Waals surface area contributed by atoms with Gasteiger partial charge in [-0.2, -0.15) is 0 Å². The zero-order chi connectivity index (χ0) is 7.98. The van der Waals surface area contributed by atoms with Gasteiger partial charge < -0.3 is 5.11 Å². The summed E-state index contributed by atoms with van der Waals surface area (Å²) in [5.41, 5.74) is 0. The molecule has 0 amide bonds.